The van der Waals surface area contributed by atoms with Crippen LogP contribution >= 0.6 is 0 Å². The van der Waals surface area contributed by atoms with E-state index >= 15 is 0 Å². The smallest absolute Gasteiger partial charge is 0.340 e. The summed E-state index contributed by atoms with van der Waals surface area (Å²) in [6.45, 7) is 4.08. The third kappa shape index (κ3) is 3.51. The SMILES string of the molecule is CCOC(=O)c1cccc(N)c1NC(C)c1cccnc1. The zero-order chi connectivity index (χ0) is 15.2. The summed E-state index contributed by atoms with van der Waals surface area (Å²) in [5.74, 6) is -0.384. The molecule has 0 saturated heterocycles. The van der Waals surface area contributed by atoms with Crippen LogP contribution in [0.15, 0.2) is 42.7 Å². The van der Waals surface area contributed by atoms with Crippen molar-refractivity contribution >= 4 is 17.3 Å². The van der Waals surface area contributed by atoms with Crippen LogP contribution in [0.4, 0.5) is 11.4 Å². The Kier molecular flexibility index (Phi) is 4.77. The highest BCUT2D eigenvalue weighted by Crippen LogP contribution is 2.28. The minimum atomic E-state index is -0.384. The molecule has 3 N–H and O–H groups in total. The third-order valence-corrected chi connectivity index (χ3v) is 3.14. The van der Waals surface area contributed by atoms with Crippen molar-refractivity contribution in [2.45, 2.75) is 19.9 Å². The number of rotatable bonds is 5. The molecule has 0 fully saturated rings. The lowest BCUT2D eigenvalue weighted by atomic mass is 10.1. The second-order valence-electron chi connectivity index (χ2n) is 4.64. The van der Waals surface area contributed by atoms with Crippen molar-refractivity contribution in [2.24, 2.45) is 0 Å². The van der Waals surface area contributed by atoms with Gasteiger partial charge in [0.25, 0.3) is 0 Å². The molecular formula is C16H19N3O2. The highest BCUT2D eigenvalue weighted by molar-refractivity contribution is 5.98. The Balaban J connectivity index is 2.29. The lowest BCUT2D eigenvalue weighted by Gasteiger charge is -2.19. The van der Waals surface area contributed by atoms with Crippen molar-refractivity contribution in [3.8, 4) is 0 Å². The first kappa shape index (κ1) is 14.8. The minimum absolute atomic E-state index is 0.0309. The Labute approximate surface area is 124 Å². The van der Waals surface area contributed by atoms with Crippen LogP contribution in [-0.4, -0.2) is 17.6 Å². The number of carbonyl (C=O) groups is 1. The van der Waals surface area contributed by atoms with E-state index in [1.165, 1.54) is 0 Å². The maximum atomic E-state index is 12.0. The number of esters is 1. The number of carbonyl (C=O) groups excluding carboxylic acids is 1. The standard InChI is InChI=1S/C16H19N3O2/c1-3-21-16(20)13-7-4-8-14(17)15(13)19-11(2)12-6-5-9-18-10-12/h4-11,19H,3,17H2,1-2H3. The third-order valence-electron chi connectivity index (χ3n) is 3.14. The molecule has 0 aliphatic carbocycles. The Morgan fingerprint density at radius 2 is 2.19 bits per heavy atom. The number of para-hydroxylation sites is 1. The van der Waals surface area contributed by atoms with Gasteiger partial charge in [-0.2, -0.15) is 0 Å². The molecule has 0 bridgehead atoms. The molecule has 1 aromatic carbocycles. The summed E-state index contributed by atoms with van der Waals surface area (Å²) < 4.78 is 5.06. The molecular weight excluding hydrogens is 266 g/mol. The second kappa shape index (κ2) is 6.74. The van der Waals surface area contributed by atoms with Gasteiger partial charge in [-0.3, -0.25) is 4.98 Å². The van der Waals surface area contributed by atoms with Crippen molar-refractivity contribution in [3.05, 3.63) is 53.9 Å². The Morgan fingerprint density at radius 3 is 2.86 bits per heavy atom. The highest BCUT2D eigenvalue weighted by atomic mass is 16.5. The normalized spacial score (nSPS) is 11.7. The number of hydrogen-bond acceptors (Lipinski definition) is 5. The maximum absolute atomic E-state index is 12.0. The molecule has 21 heavy (non-hydrogen) atoms. The van der Waals surface area contributed by atoms with Crippen molar-refractivity contribution in [3.63, 3.8) is 0 Å². The van der Waals surface area contributed by atoms with E-state index in [0.29, 0.717) is 23.5 Å². The van der Waals surface area contributed by atoms with Crippen LogP contribution in [0, 0.1) is 0 Å². The van der Waals surface area contributed by atoms with Crippen molar-refractivity contribution in [1.29, 1.82) is 0 Å². The van der Waals surface area contributed by atoms with E-state index in [9.17, 15) is 4.79 Å². The Bertz CT molecular complexity index is 614. The number of pyridine rings is 1. The number of aromatic nitrogens is 1. The summed E-state index contributed by atoms with van der Waals surface area (Å²) in [4.78, 5) is 16.1. The summed E-state index contributed by atoms with van der Waals surface area (Å²) in [5, 5.41) is 3.27. The largest absolute Gasteiger partial charge is 0.462 e. The Hall–Kier alpha value is -2.56. The first-order chi connectivity index (χ1) is 10.1. The fourth-order valence-corrected chi connectivity index (χ4v) is 2.04. The van der Waals surface area contributed by atoms with E-state index in [1.54, 1.807) is 37.5 Å². The van der Waals surface area contributed by atoms with Gasteiger partial charge < -0.3 is 15.8 Å². The Morgan fingerprint density at radius 1 is 1.38 bits per heavy atom. The summed E-state index contributed by atoms with van der Waals surface area (Å²) in [5.41, 5.74) is 8.54. The number of benzene rings is 1. The highest BCUT2D eigenvalue weighted by Gasteiger charge is 2.17. The average Bonchev–Trinajstić information content (AvgIpc) is 2.50. The van der Waals surface area contributed by atoms with Crippen LogP contribution < -0.4 is 11.1 Å². The maximum Gasteiger partial charge on any atom is 0.340 e. The molecule has 1 atom stereocenters. The zero-order valence-electron chi connectivity index (χ0n) is 12.2. The molecule has 0 aliphatic heterocycles. The van der Waals surface area contributed by atoms with Gasteiger partial charge >= 0.3 is 5.97 Å². The summed E-state index contributed by atoms with van der Waals surface area (Å²) >= 11 is 0. The van der Waals surface area contributed by atoms with Gasteiger partial charge in [-0.1, -0.05) is 12.1 Å². The van der Waals surface area contributed by atoms with Crippen LogP contribution in [0.3, 0.4) is 0 Å². The van der Waals surface area contributed by atoms with E-state index in [4.69, 9.17) is 10.5 Å². The molecule has 2 rings (SSSR count). The van der Waals surface area contributed by atoms with Gasteiger partial charge in [0.05, 0.1) is 29.6 Å². The predicted octanol–water partition coefficient (Wildman–Crippen LogP) is 3.01. The monoisotopic (exact) mass is 285 g/mol. The molecule has 1 unspecified atom stereocenters. The number of nitrogen functional groups attached to an aromatic ring is 1. The van der Waals surface area contributed by atoms with E-state index in [0.717, 1.165) is 5.56 Å². The van der Waals surface area contributed by atoms with Gasteiger partial charge in [-0.25, -0.2) is 4.79 Å². The molecule has 0 spiro atoms. The van der Waals surface area contributed by atoms with Gasteiger partial charge in [0, 0.05) is 12.4 Å². The molecule has 110 valence electrons. The van der Waals surface area contributed by atoms with Crippen LogP contribution in [0.2, 0.25) is 0 Å². The predicted molar refractivity (Wildman–Crippen MR) is 83.1 cm³/mol. The topological polar surface area (TPSA) is 77.2 Å². The lowest BCUT2D eigenvalue weighted by Crippen LogP contribution is -2.14. The molecule has 0 aliphatic rings. The quantitative estimate of drug-likeness (QED) is 0.652. The second-order valence-corrected chi connectivity index (χ2v) is 4.64. The van der Waals surface area contributed by atoms with Crippen LogP contribution in [0.5, 0.6) is 0 Å². The fraction of sp³-hybridized carbons (Fsp3) is 0.250. The minimum Gasteiger partial charge on any atom is -0.462 e. The summed E-state index contributed by atoms with van der Waals surface area (Å²) in [6, 6.07) is 8.99. The van der Waals surface area contributed by atoms with E-state index in [2.05, 4.69) is 10.3 Å². The van der Waals surface area contributed by atoms with Crippen molar-refractivity contribution in [1.82, 2.24) is 4.98 Å². The molecule has 0 radical (unpaired) electrons. The van der Waals surface area contributed by atoms with Crippen molar-refractivity contribution in [2.75, 3.05) is 17.7 Å². The molecule has 1 heterocycles. The first-order valence-corrected chi connectivity index (χ1v) is 6.85. The molecule has 2 aromatic rings. The molecule has 0 saturated carbocycles. The molecule has 1 aromatic heterocycles. The van der Waals surface area contributed by atoms with Crippen LogP contribution in [0.1, 0.15) is 35.8 Å². The number of nitrogens with two attached hydrogens (primary N) is 1. The van der Waals surface area contributed by atoms with Gasteiger partial charge in [0.2, 0.25) is 0 Å². The summed E-state index contributed by atoms with van der Waals surface area (Å²) in [6.07, 6.45) is 3.50. The van der Waals surface area contributed by atoms with Gasteiger partial charge in [0.15, 0.2) is 0 Å². The van der Waals surface area contributed by atoms with Crippen LogP contribution in [-0.2, 0) is 4.74 Å². The molecule has 5 heteroatoms. The average molecular weight is 285 g/mol. The van der Waals surface area contributed by atoms with Crippen molar-refractivity contribution < 1.29 is 9.53 Å². The number of nitrogens with zero attached hydrogens (tertiary/aromatic N) is 1. The van der Waals surface area contributed by atoms with Gasteiger partial charge in [-0.15, -0.1) is 0 Å². The van der Waals surface area contributed by atoms with E-state index < -0.39 is 0 Å². The van der Waals surface area contributed by atoms with E-state index in [1.807, 2.05) is 19.1 Å². The molecule has 5 nitrogen and oxygen atoms in total. The lowest BCUT2D eigenvalue weighted by molar-refractivity contribution is 0.0527. The number of hydrogen-bond donors (Lipinski definition) is 2. The zero-order valence-corrected chi connectivity index (χ0v) is 12.2. The van der Waals surface area contributed by atoms with Gasteiger partial charge in [-0.05, 0) is 37.6 Å². The first-order valence-electron chi connectivity index (χ1n) is 6.85. The fourth-order valence-electron chi connectivity index (χ4n) is 2.04. The molecule has 0 amide bonds. The number of anilines is 2. The number of nitrogens with one attached hydrogen (secondary N) is 1. The summed E-state index contributed by atoms with van der Waals surface area (Å²) in [7, 11) is 0. The van der Waals surface area contributed by atoms with E-state index in [-0.39, 0.29) is 12.0 Å². The van der Waals surface area contributed by atoms with Crippen LogP contribution in [0.25, 0.3) is 0 Å². The number of ether oxygens (including phenoxy) is 1. The van der Waals surface area contributed by atoms with Gasteiger partial charge in [0.1, 0.15) is 0 Å².